The van der Waals surface area contributed by atoms with Crippen LogP contribution in [0.25, 0.3) is 0 Å². The summed E-state index contributed by atoms with van der Waals surface area (Å²) < 4.78 is 0. The lowest BCUT2D eigenvalue weighted by atomic mass is 10.3. The molecule has 5 heteroatoms. The number of amides is 2. The van der Waals surface area contributed by atoms with Crippen LogP contribution in [-0.2, 0) is 0 Å². The standard InChI is InChI=1S/C6H4N4O/c1-3-8-4-2-7-6(11)10-5(4)9-3/h2H,1H3. The predicted molar refractivity (Wildman–Crippen MR) is 41.9 cm³/mol. The molecule has 0 bridgehead atoms. The van der Waals surface area contributed by atoms with Crippen molar-refractivity contribution in [2.45, 2.75) is 6.92 Å². The number of hydrogen-bond acceptors (Lipinski definition) is 3. The third-order valence-electron chi connectivity index (χ3n) is 1.28. The molecule has 0 N–H and O–H groups in total. The van der Waals surface area contributed by atoms with Gasteiger partial charge in [-0.05, 0) is 6.92 Å². The SMILES string of the molecule is CC1=NC2=NC(=O)N=CC2=N1. The Kier molecular flexibility index (Phi) is 1.06. The van der Waals surface area contributed by atoms with Gasteiger partial charge in [-0.2, -0.15) is 9.98 Å². The summed E-state index contributed by atoms with van der Waals surface area (Å²) in [5.74, 6) is 0.988. The zero-order valence-electron chi connectivity index (χ0n) is 5.77. The Balaban J connectivity index is 2.50. The molecule has 0 aliphatic carbocycles. The highest BCUT2D eigenvalue weighted by atomic mass is 16.2. The summed E-state index contributed by atoms with van der Waals surface area (Å²) in [7, 11) is 0. The lowest BCUT2D eigenvalue weighted by Crippen LogP contribution is -2.16. The summed E-state index contributed by atoms with van der Waals surface area (Å²) >= 11 is 0. The Hall–Kier alpha value is -1.65. The Morgan fingerprint density at radius 3 is 2.91 bits per heavy atom. The molecule has 2 aliphatic heterocycles. The third-order valence-corrected chi connectivity index (χ3v) is 1.28. The molecule has 0 atom stereocenters. The number of rotatable bonds is 0. The van der Waals surface area contributed by atoms with E-state index in [1.54, 1.807) is 6.92 Å². The Morgan fingerprint density at radius 2 is 2.09 bits per heavy atom. The first-order valence-corrected chi connectivity index (χ1v) is 3.07. The van der Waals surface area contributed by atoms with Gasteiger partial charge in [-0.25, -0.2) is 14.8 Å². The lowest BCUT2D eigenvalue weighted by molar-refractivity contribution is 0.257. The molecule has 0 saturated carbocycles. The maximum Gasteiger partial charge on any atom is 0.369 e. The molecule has 0 unspecified atom stereocenters. The molecule has 0 aromatic rings. The van der Waals surface area contributed by atoms with E-state index in [1.165, 1.54) is 6.21 Å². The van der Waals surface area contributed by atoms with Crippen LogP contribution >= 0.6 is 0 Å². The fourth-order valence-electron chi connectivity index (χ4n) is 0.865. The van der Waals surface area contributed by atoms with E-state index in [2.05, 4.69) is 20.0 Å². The van der Waals surface area contributed by atoms with Crippen molar-refractivity contribution in [3.8, 4) is 0 Å². The molecule has 2 rings (SSSR count). The number of hydrogen-bond donors (Lipinski definition) is 0. The molecular formula is C6H4N4O. The number of fused-ring (bicyclic) bond motifs is 1. The first-order valence-electron chi connectivity index (χ1n) is 3.07. The molecular weight excluding hydrogens is 144 g/mol. The first-order chi connectivity index (χ1) is 5.25. The van der Waals surface area contributed by atoms with E-state index in [0.717, 1.165) is 0 Å². The molecule has 0 fully saturated rings. The minimum Gasteiger partial charge on any atom is -0.244 e. The second-order valence-electron chi connectivity index (χ2n) is 2.13. The van der Waals surface area contributed by atoms with Gasteiger partial charge in [0.1, 0.15) is 11.5 Å². The second kappa shape index (κ2) is 1.91. The molecule has 0 radical (unpaired) electrons. The molecule has 11 heavy (non-hydrogen) atoms. The highest BCUT2D eigenvalue weighted by Gasteiger charge is 2.18. The zero-order valence-corrected chi connectivity index (χ0v) is 5.77. The molecule has 0 aromatic heterocycles. The van der Waals surface area contributed by atoms with E-state index in [-0.39, 0.29) is 0 Å². The molecule has 2 aliphatic rings. The van der Waals surface area contributed by atoms with Crippen LogP contribution in [0.3, 0.4) is 0 Å². The summed E-state index contributed by atoms with van der Waals surface area (Å²) in [4.78, 5) is 25.5. The van der Waals surface area contributed by atoms with Crippen LogP contribution in [-0.4, -0.2) is 29.6 Å². The van der Waals surface area contributed by atoms with Gasteiger partial charge in [-0.3, -0.25) is 0 Å². The second-order valence-corrected chi connectivity index (χ2v) is 2.13. The maximum atomic E-state index is 10.6. The molecule has 0 aromatic carbocycles. The van der Waals surface area contributed by atoms with Crippen LogP contribution in [0.2, 0.25) is 0 Å². The van der Waals surface area contributed by atoms with Crippen LogP contribution in [0.4, 0.5) is 4.79 Å². The van der Waals surface area contributed by atoms with Crippen molar-refractivity contribution in [1.82, 2.24) is 0 Å². The number of urea groups is 1. The maximum absolute atomic E-state index is 10.6. The van der Waals surface area contributed by atoms with Gasteiger partial charge < -0.3 is 0 Å². The van der Waals surface area contributed by atoms with Crippen LogP contribution in [0.5, 0.6) is 0 Å². The minimum atomic E-state index is -0.516. The van der Waals surface area contributed by atoms with Gasteiger partial charge in [0.2, 0.25) is 0 Å². The Labute approximate surface area is 62.3 Å². The van der Waals surface area contributed by atoms with Crippen LogP contribution in [0.1, 0.15) is 6.92 Å². The molecule has 2 heterocycles. The normalized spacial score (nSPS) is 20.8. The van der Waals surface area contributed by atoms with Gasteiger partial charge in [0.15, 0.2) is 5.84 Å². The van der Waals surface area contributed by atoms with Crippen LogP contribution in [0, 0.1) is 0 Å². The smallest absolute Gasteiger partial charge is 0.244 e. The van der Waals surface area contributed by atoms with Gasteiger partial charge in [0, 0.05) is 0 Å². The van der Waals surface area contributed by atoms with Crippen LogP contribution in [0.15, 0.2) is 20.0 Å². The Bertz CT molecular complexity index is 348. The van der Waals surface area contributed by atoms with E-state index < -0.39 is 6.03 Å². The molecule has 2 amide bonds. The fraction of sp³-hybridized carbons (Fsp3) is 0.167. The predicted octanol–water partition coefficient (Wildman–Crippen LogP) is 0.462. The quantitative estimate of drug-likeness (QED) is 0.492. The minimum absolute atomic E-state index is 0.377. The van der Waals surface area contributed by atoms with Crippen LogP contribution < -0.4 is 0 Å². The van der Waals surface area contributed by atoms with E-state index >= 15 is 0 Å². The topological polar surface area (TPSA) is 66.5 Å². The van der Waals surface area contributed by atoms with Gasteiger partial charge >= 0.3 is 6.03 Å². The van der Waals surface area contributed by atoms with Gasteiger partial charge in [0.05, 0.1) is 6.21 Å². The average molecular weight is 148 g/mol. The number of carbonyl (C=O) groups excluding carboxylic acids is 1. The van der Waals surface area contributed by atoms with Crippen molar-refractivity contribution in [2.24, 2.45) is 20.0 Å². The highest BCUT2D eigenvalue weighted by Crippen LogP contribution is 2.03. The van der Waals surface area contributed by atoms with E-state index in [4.69, 9.17) is 0 Å². The summed E-state index contributed by atoms with van der Waals surface area (Å²) in [6.45, 7) is 1.74. The van der Waals surface area contributed by atoms with E-state index in [0.29, 0.717) is 17.4 Å². The summed E-state index contributed by atoms with van der Waals surface area (Å²) in [5.41, 5.74) is 0.571. The van der Waals surface area contributed by atoms with Gasteiger partial charge in [-0.1, -0.05) is 0 Å². The highest BCUT2D eigenvalue weighted by molar-refractivity contribution is 6.67. The van der Waals surface area contributed by atoms with Crippen molar-refractivity contribution in [1.29, 1.82) is 0 Å². The largest absolute Gasteiger partial charge is 0.369 e. The summed E-state index contributed by atoms with van der Waals surface area (Å²) in [6.07, 6.45) is 1.38. The number of amidine groups is 2. The number of carbonyl (C=O) groups is 1. The molecule has 5 nitrogen and oxygen atoms in total. The first kappa shape index (κ1) is 6.09. The van der Waals surface area contributed by atoms with Crippen molar-refractivity contribution in [2.75, 3.05) is 0 Å². The zero-order chi connectivity index (χ0) is 7.84. The number of aliphatic imine (C=N–C) groups is 4. The molecule has 0 spiro atoms. The lowest BCUT2D eigenvalue weighted by Gasteiger charge is -1.95. The van der Waals surface area contributed by atoms with E-state index in [9.17, 15) is 4.79 Å². The summed E-state index contributed by atoms with van der Waals surface area (Å²) in [6, 6.07) is -0.516. The average Bonchev–Trinajstić information content (AvgIpc) is 2.27. The number of nitrogens with zero attached hydrogens (tertiary/aromatic N) is 4. The molecule has 54 valence electrons. The fourth-order valence-corrected chi connectivity index (χ4v) is 0.865. The molecule has 0 saturated heterocycles. The van der Waals surface area contributed by atoms with Crippen molar-refractivity contribution in [3.63, 3.8) is 0 Å². The third kappa shape index (κ3) is 0.899. The monoisotopic (exact) mass is 148 g/mol. The van der Waals surface area contributed by atoms with Crippen molar-refractivity contribution < 1.29 is 4.79 Å². The Morgan fingerprint density at radius 1 is 1.27 bits per heavy atom. The summed E-state index contributed by atoms with van der Waals surface area (Å²) in [5, 5.41) is 0. The van der Waals surface area contributed by atoms with Crippen molar-refractivity contribution >= 4 is 29.6 Å². The van der Waals surface area contributed by atoms with Gasteiger partial charge in [-0.15, -0.1) is 0 Å². The van der Waals surface area contributed by atoms with Gasteiger partial charge in [0.25, 0.3) is 0 Å². The van der Waals surface area contributed by atoms with Crippen molar-refractivity contribution in [3.05, 3.63) is 0 Å². The van der Waals surface area contributed by atoms with E-state index in [1.807, 2.05) is 0 Å².